The predicted molar refractivity (Wildman–Crippen MR) is 95.2 cm³/mol. The Labute approximate surface area is 144 Å². The van der Waals surface area contributed by atoms with Crippen molar-refractivity contribution in [3.63, 3.8) is 0 Å². The lowest BCUT2D eigenvalue weighted by Gasteiger charge is -2.33. The number of likely N-dealkylation sites (N-methyl/N-ethyl adjacent to an activating group) is 1. The van der Waals surface area contributed by atoms with E-state index >= 15 is 0 Å². The molecule has 1 aliphatic heterocycles. The molecule has 0 atom stereocenters. The fourth-order valence-electron chi connectivity index (χ4n) is 3.57. The Bertz CT molecular complexity index is 517. The highest BCUT2D eigenvalue weighted by Crippen LogP contribution is 2.19. The van der Waals surface area contributed by atoms with Crippen molar-refractivity contribution in [1.29, 1.82) is 0 Å². The molecule has 0 bridgehead atoms. The van der Waals surface area contributed by atoms with E-state index in [1.165, 1.54) is 38.5 Å². The quantitative estimate of drug-likeness (QED) is 0.859. The van der Waals surface area contributed by atoms with E-state index in [2.05, 4.69) is 27.1 Å². The van der Waals surface area contributed by atoms with Gasteiger partial charge in [0.2, 0.25) is 5.95 Å². The van der Waals surface area contributed by atoms with Crippen LogP contribution in [-0.4, -0.2) is 64.4 Å². The summed E-state index contributed by atoms with van der Waals surface area (Å²) >= 11 is 0. The number of hydrogen-bond donors (Lipinski definition) is 1. The Balaban J connectivity index is 1.54. The first kappa shape index (κ1) is 17.1. The summed E-state index contributed by atoms with van der Waals surface area (Å²) in [5, 5.41) is 3.43. The first-order valence-corrected chi connectivity index (χ1v) is 9.36. The van der Waals surface area contributed by atoms with Gasteiger partial charge >= 0.3 is 0 Å². The molecule has 0 radical (unpaired) electrons. The number of nitrogens with zero attached hydrogens (tertiary/aromatic N) is 4. The minimum Gasteiger partial charge on any atom is -0.351 e. The van der Waals surface area contributed by atoms with Crippen LogP contribution in [0.5, 0.6) is 0 Å². The molecule has 0 unspecified atom stereocenters. The molecule has 3 rings (SSSR count). The Hall–Kier alpha value is -1.69. The lowest BCUT2D eigenvalue weighted by molar-refractivity contribution is 0.0642. The maximum Gasteiger partial charge on any atom is 0.257 e. The van der Waals surface area contributed by atoms with E-state index in [0.29, 0.717) is 17.6 Å². The number of hydrogen-bond acceptors (Lipinski definition) is 5. The molecule has 1 aromatic rings. The monoisotopic (exact) mass is 331 g/mol. The number of carbonyl (C=O) groups is 1. The third kappa shape index (κ3) is 4.44. The largest absolute Gasteiger partial charge is 0.351 e. The number of aromatic nitrogens is 2. The lowest BCUT2D eigenvalue weighted by atomic mass is 10.1. The fourth-order valence-corrected chi connectivity index (χ4v) is 3.57. The molecule has 1 N–H and O–H groups in total. The van der Waals surface area contributed by atoms with Gasteiger partial charge in [-0.1, -0.05) is 32.6 Å². The number of piperazine rings is 1. The average Bonchev–Trinajstić information content (AvgIpc) is 2.90. The highest BCUT2D eigenvalue weighted by atomic mass is 16.2. The molecule has 1 saturated heterocycles. The molecule has 1 amide bonds. The van der Waals surface area contributed by atoms with Crippen molar-refractivity contribution in [2.75, 3.05) is 38.0 Å². The molecule has 24 heavy (non-hydrogen) atoms. The second-order valence-corrected chi connectivity index (χ2v) is 6.85. The highest BCUT2D eigenvalue weighted by molar-refractivity contribution is 5.93. The van der Waals surface area contributed by atoms with Gasteiger partial charge in [0, 0.05) is 44.6 Å². The number of nitrogens with one attached hydrogen (secondary N) is 1. The van der Waals surface area contributed by atoms with Crippen LogP contribution >= 0.6 is 0 Å². The van der Waals surface area contributed by atoms with Crippen LogP contribution in [0, 0.1) is 0 Å². The molecule has 6 heteroatoms. The van der Waals surface area contributed by atoms with E-state index in [4.69, 9.17) is 0 Å². The number of rotatable bonds is 4. The molecule has 0 aromatic carbocycles. The predicted octanol–water partition coefficient (Wildman–Crippen LogP) is 2.39. The van der Waals surface area contributed by atoms with Crippen LogP contribution in [0.3, 0.4) is 0 Å². The van der Waals surface area contributed by atoms with Gasteiger partial charge in [0.05, 0.1) is 5.56 Å². The van der Waals surface area contributed by atoms with E-state index in [1.807, 2.05) is 4.90 Å². The number of anilines is 1. The molecule has 132 valence electrons. The van der Waals surface area contributed by atoms with E-state index < -0.39 is 0 Å². The van der Waals surface area contributed by atoms with Gasteiger partial charge in [-0.2, -0.15) is 0 Å². The normalized spacial score (nSPS) is 20.6. The first-order chi connectivity index (χ1) is 11.8. The lowest BCUT2D eigenvalue weighted by Crippen LogP contribution is -2.48. The smallest absolute Gasteiger partial charge is 0.257 e. The molecular formula is C18H29N5O. The molecule has 1 aromatic heterocycles. The molecule has 2 fully saturated rings. The van der Waals surface area contributed by atoms with Gasteiger partial charge in [-0.25, -0.2) is 9.97 Å². The third-order valence-electron chi connectivity index (χ3n) is 5.19. The zero-order chi connectivity index (χ0) is 16.8. The molecule has 6 nitrogen and oxygen atoms in total. The Morgan fingerprint density at radius 1 is 1.08 bits per heavy atom. The standard InChI is InChI=1S/C18H29N5O/c1-2-22-9-11-23(12-10-22)17(24)15-13-19-18(20-14-15)21-16-7-5-3-4-6-8-16/h13-14,16H,2-12H2,1H3,(H,19,20,21). The van der Waals surface area contributed by atoms with E-state index in [0.717, 1.165) is 32.7 Å². The molecule has 1 saturated carbocycles. The van der Waals surface area contributed by atoms with Crippen LogP contribution in [0.2, 0.25) is 0 Å². The van der Waals surface area contributed by atoms with E-state index in [9.17, 15) is 4.79 Å². The van der Waals surface area contributed by atoms with Gasteiger partial charge in [0.15, 0.2) is 0 Å². The van der Waals surface area contributed by atoms with Crippen molar-refractivity contribution < 1.29 is 4.79 Å². The van der Waals surface area contributed by atoms with Crippen molar-refractivity contribution in [2.24, 2.45) is 0 Å². The summed E-state index contributed by atoms with van der Waals surface area (Å²) in [6.07, 6.45) is 10.9. The van der Waals surface area contributed by atoms with Crippen molar-refractivity contribution in [1.82, 2.24) is 19.8 Å². The van der Waals surface area contributed by atoms with Crippen LogP contribution in [0.1, 0.15) is 55.8 Å². The Kier molecular flexibility index (Phi) is 6.01. The minimum atomic E-state index is 0.0479. The van der Waals surface area contributed by atoms with Gasteiger partial charge in [-0.05, 0) is 19.4 Å². The summed E-state index contributed by atoms with van der Waals surface area (Å²) in [6, 6.07) is 0.469. The summed E-state index contributed by atoms with van der Waals surface area (Å²) in [7, 11) is 0. The van der Waals surface area contributed by atoms with Crippen molar-refractivity contribution in [3.05, 3.63) is 18.0 Å². The maximum absolute atomic E-state index is 12.5. The van der Waals surface area contributed by atoms with E-state index in [1.54, 1.807) is 12.4 Å². The van der Waals surface area contributed by atoms with Gasteiger partial charge in [0.1, 0.15) is 0 Å². The summed E-state index contributed by atoms with van der Waals surface area (Å²) in [4.78, 5) is 25.6. The van der Waals surface area contributed by atoms with Crippen LogP contribution in [0.4, 0.5) is 5.95 Å². The summed E-state index contributed by atoms with van der Waals surface area (Å²) in [5.41, 5.74) is 0.589. The zero-order valence-corrected chi connectivity index (χ0v) is 14.7. The molecule has 2 aliphatic rings. The van der Waals surface area contributed by atoms with Gasteiger partial charge < -0.3 is 15.1 Å². The highest BCUT2D eigenvalue weighted by Gasteiger charge is 2.22. The van der Waals surface area contributed by atoms with Crippen LogP contribution in [0.25, 0.3) is 0 Å². The third-order valence-corrected chi connectivity index (χ3v) is 5.19. The summed E-state index contributed by atoms with van der Waals surface area (Å²) in [6.45, 7) is 6.68. The van der Waals surface area contributed by atoms with Gasteiger partial charge in [-0.3, -0.25) is 4.79 Å². The molecule has 2 heterocycles. The number of amides is 1. The number of carbonyl (C=O) groups excluding carboxylic acids is 1. The van der Waals surface area contributed by atoms with Crippen molar-refractivity contribution in [2.45, 2.75) is 51.5 Å². The van der Waals surface area contributed by atoms with Crippen LogP contribution in [-0.2, 0) is 0 Å². The Morgan fingerprint density at radius 2 is 1.71 bits per heavy atom. The summed E-state index contributed by atoms with van der Waals surface area (Å²) < 4.78 is 0. The second-order valence-electron chi connectivity index (χ2n) is 6.85. The summed E-state index contributed by atoms with van der Waals surface area (Å²) in [5.74, 6) is 0.695. The first-order valence-electron chi connectivity index (χ1n) is 9.36. The van der Waals surface area contributed by atoms with Gasteiger partial charge in [0.25, 0.3) is 5.91 Å². The molecule has 0 spiro atoms. The van der Waals surface area contributed by atoms with Crippen LogP contribution < -0.4 is 5.32 Å². The average molecular weight is 331 g/mol. The molecule has 1 aliphatic carbocycles. The zero-order valence-electron chi connectivity index (χ0n) is 14.7. The van der Waals surface area contributed by atoms with E-state index in [-0.39, 0.29) is 5.91 Å². The van der Waals surface area contributed by atoms with Crippen molar-refractivity contribution in [3.8, 4) is 0 Å². The van der Waals surface area contributed by atoms with Crippen LogP contribution in [0.15, 0.2) is 12.4 Å². The van der Waals surface area contributed by atoms with Crippen molar-refractivity contribution >= 4 is 11.9 Å². The SMILES string of the molecule is CCN1CCN(C(=O)c2cnc(NC3CCCCCC3)nc2)CC1. The topological polar surface area (TPSA) is 61.4 Å². The molecular weight excluding hydrogens is 302 g/mol. The fraction of sp³-hybridized carbons (Fsp3) is 0.722. The minimum absolute atomic E-state index is 0.0479. The van der Waals surface area contributed by atoms with Gasteiger partial charge in [-0.15, -0.1) is 0 Å². The Morgan fingerprint density at radius 3 is 2.29 bits per heavy atom. The maximum atomic E-state index is 12.5. The second kappa shape index (κ2) is 8.42.